The van der Waals surface area contributed by atoms with Gasteiger partial charge in [0.25, 0.3) is 5.91 Å². The van der Waals surface area contributed by atoms with Gasteiger partial charge in [0.1, 0.15) is 24.3 Å². The Labute approximate surface area is 166 Å². The highest BCUT2D eigenvalue weighted by Crippen LogP contribution is 2.47. The van der Waals surface area contributed by atoms with Crippen molar-refractivity contribution in [3.8, 4) is 0 Å². The molecule has 0 aliphatic carbocycles. The van der Waals surface area contributed by atoms with Crippen molar-refractivity contribution in [1.82, 2.24) is 4.90 Å². The maximum Gasteiger partial charge on any atom is 0.355 e. The second-order valence-electron chi connectivity index (χ2n) is 6.31. The minimum absolute atomic E-state index is 0.00747. The molecule has 2 aliphatic rings. The number of fused-ring (bicyclic) bond motifs is 1. The van der Waals surface area contributed by atoms with Crippen molar-refractivity contribution in [3.05, 3.63) is 65.6 Å². The maximum absolute atomic E-state index is 12.8. The smallest absolute Gasteiger partial charge is 0.355 e. The summed E-state index contributed by atoms with van der Waals surface area (Å²) in [6, 6.07) is 9.11. The van der Waals surface area contributed by atoms with E-state index in [-0.39, 0.29) is 18.9 Å². The second kappa shape index (κ2) is 8.06. The molecule has 2 heterocycles. The van der Waals surface area contributed by atoms with Gasteiger partial charge in [0.15, 0.2) is 5.60 Å². The molecule has 2 aliphatic heterocycles. The first-order valence-electron chi connectivity index (χ1n) is 8.49. The fourth-order valence-electron chi connectivity index (χ4n) is 3.00. The van der Waals surface area contributed by atoms with E-state index in [1.807, 2.05) is 30.3 Å². The molecule has 2 atom stereocenters. The van der Waals surface area contributed by atoms with Gasteiger partial charge in [-0.3, -0.25) is 14.5 Å². The Balaban J connectivity index is 1.86. The lowest BCUT2D eigenvalue weighted by molar-refractivity contribution is -0.171. The first kappa shape index (κ1) is 19.9. The zero-order valence-corrected chi connectivity index (χ0v) is 16.0. The number of thioether (sulfide) groups is 1. The van der Waals surface area contributed by atoms with E-state index in [2.05, 4.69) is 12.3 Å². The molecule has 1 aromatic rings. The van der Waals surface area contributed by atoms with Crippen LogP contribution in [0.4, 0.5) is 0 Å². The number of aliphatic hydroxyl groups is 1. The van der Waals surface area contributed by atoms with Crippen molar-refractivity contribution in [2.24, 2.45) is 0 Å². The Morgan fingerprint density at radius 2 is 2.07 bits per heavy atom. The van der Waals surface area contributed by atoms with E-state index in [0.29, 0.717) is 11.3 Å². The number of hydrogen-bond donors (Lipinski definition) is 1. The fourth-order valence-corrected chi connectivity index (χ4v) is 4.35. The number of amides is 1. The number of hydrogen-bond acceptors (Lipinski definition) is 7. The number of nitrogens with zero attached hydrogens (tertiary/aromatic N) is 1. The number of ether oxygens (including phenoxy) is 2. The van der Waals surface area contributed by atoms with Crippen molar-refractivity contribution in [2.75, 3.05) is 12.4 Å². The van der Waals surface area contributed by atoms with Crippen LogP contribution < -0.4 is 0 Å². The first-order chi connectivity index (χ1) is 13.4. The van der Waals surface area contributed by atoms with Crippen LogP contribution in [-0.2, 0) is 30.5 Å². The molecule has 0 radical (unpaired) electrons. The van der Waals surface area contributed by atoms with Gasteiger partial charge < -0.3 is 14.6 Å². The molecule has 0 unspecified atom stereocenters. The van der Waals surface area contributed by atoms with E-state index in [0.717, 1.165) is 5.56 Å². The number of benzene rings is 1. The largest absolute Gasteiger partial charge is 0.461 e. The molecule has 3 rings (SSSR count). The zero-order chi connectivity index (χ0) is 20.3. The van der Waals surface area contributed by atoms with Gasteiger partial charge in [-0.25, -0.2) is 4.79 Å². The molecule has 0 bridgehead atoms. The lowest BCUT2D eigenvalue weighted by Gasteiger charge is -2.53. The van der Waals surface area contributed by atoms with Crippen molar-refractivity contribution < 1.29 is 29.0 Å². The third-order valence-corrected chi connectivity index (χ3v) is 5.74. The number of carbonyl (C=O) groups is 3. The maximum atomic E-state index is 12.8. The van der Waals surface area contributed by atoms with Crippen molar-refractivity contribution in [1.29, 1.82) is 0 Å². The Kier molecular flexibility index (Phi) is 5.74. The number of β-lactam (4-membered cyclic amide) rings is 1. The van der Waals surface area contributed by atoms with Gasteiger partial charge in [-0.1, -0.05) is 36.9 Å². The molecular formula is C20H19NO6S. The first-order valence-corrected chi connectivity index (χ1v) is 9.54. The van der Waals surface area contributed by atoms with E-state index in [4.69, 9.17) is 9.47 Å². The summed E-state index contributed by atoms with van der Waals surface area (Å²) in [7, 11) is 0. The van der Waals surface area contributed by atoms with Crippen LogP contribution in [-0.4, -0.2) is 51.2 Å². The van der Waals surface area contributed by atoms with Gasteiger partial charge >= 0.3 is 11.9 Å². The number of carbonyl (C=O) groups excluding carboxylic acids is 3. The molecular weight excluding hydrogens is 382 g/mol. The molecule has 1 N–H and O–H groups in total. The highest BCUT2D eigenvalue weighted by Gasteiger charge is 2.63. The monoisotopic (exact) mass is 401 g/mol. The average molecular weight is 401 g/mol. The average Bonchev–Trinajstić information content (AvgIpc) is 2.70. The van der Waals surface area contributed by atoms with E-state index >= 15 is 0 Å². The third kappa shape index (κ3) is 3.62. The lowest BCUT2D eigenvalue weighted by atomic mass is 9.90. The van der Waals surface area contributed by atoms with Crippen LogP contribution in [0.5, 0.6) is 0 Å². The van der Waals surface area contributed by atoms with Crippen molar-refractivity contribution in [3.63, 3.8) is 0 Å². The molecule has 1 amide bonds. The molecule has 0 spiro atoms. The van der Waals surface area contributed by atoms with E-state index in [1.165, 1.54) is 29.7 Å². The standard InChI is InChI=1S/C20H19NO6S/c1-3-9-20(25)18(24)21-16(15(11-26-13(2)22)12-28-19(20)21)17(23)27-10-14-7-5-4-6-8-14/h4-9,19,25H,1,10-12H2,2H3/t19-,20-/m1/s1. The molecule has 8 heteroatoms. The summed E-state index contributed by atoms with van der Waals surface area (Å²) >= 11 is 1.26. The molecule has 7 nitrogen and oxygen atoms in total. The molecule has 0 aromatic heterocycles. The highest BCUT2D eigenvalue weighted by atomic mass is 32.2. The van der Waals surface area contributed by atoms with Gasteiger partial charge in [-0.15, -0.1) is 17.5 Å². The third-order valence-electron chi connectivity index (χ3n) is 4.34. The van der Waals surface area contributed by atoms with Crippen LogP contribution in [0, 0.1) is 0 Å². The van der Waals surface area contributed by atoms with E-state index < -0.39 is 28.8 Å². The fraction of sp³-hybridized carbons (Fsp3) is 0.300. The predicted octanol–water partition coefficient (Wildman–Crippen LogP) is 1.53. The SMILES string of the molecule is C=C=C[C@@]1(O)C(=O)N2C(C(=O)OCc3ccccc3)=C(COC(C)=O)CS[C@@H]21. The minimum Gasteiger partial charge on any atom is -0.461 e. The summed E-state index contributed by atoms with van der Waals surface area (Å²) in [4.78, 5) is 37.7. The number of esters is 2. The van der Waals surface area contributed by atoms with Crippen LogP contribution in [0.15, 0.2) is 60.0 Å². The van der Waals surface area contributed by atoms with Crippen LogP contribution in [0.3, 0.4) is 0 Å². The topological polar surface area (TPSA) is 93.1 Å². The summed E-state index contributed by atoms with van der Waals surface area (Å²) in [5.41, 5.74) is 1.91. The quantitative estimate of drug-likeness (QED) is 0.439. The summed E-state index contributed by atoms with van der Waals surface area (Å²) in [5.74, 6) is -1.59. The van der Waals surface area contributed by atoms with Crippen LogP contribution in [0.2, 0.25) is 0 Å². The van der Waals surface area contributed by atoms with Crippen LogP contribution >= 0.6 is 11.8 Å². The molecule has 146 valence electrons. The number of rotatable bonds is 6. The van der Waals surface area contributed by atoms with Gasteiger partial charge in [-0.05, 0) is 5.56 Å². The summed E-state index contributed by atoms with van der Waals surface area (Å²) in [6.07, 6.45) is 1.19. The van der Waals surface area contributed by atoms with E-state index in [1.54, 1.807) is 0 Å². The van der Waals surface area contributed by atoms with Crippen LogP contribution in [0.1, 0.15) is 12.5 Å². The van der Waals surface area contributed by atoms with Gasteiger partial charge in [0.2, 0.25) is 0 Å². The Morgan fingerprint density at radius 1 is 1.36 bits per heavy atom. The molecule has 1 fully saturated rings. The molecule has 28 heavy (non-hydrogen) atoms. The normalized spacial score (nSPS) is 23.3. The Morgan fingerprint density at radius 3 is 2.71 bits per heavy atom. The lowest BCUT2D eigenvalue weighted by Crippen LogP contribution is -2.72. The summed E-state index contributed by atoms with van der Waals surface area (Å²) in [6.45, 7) is 4.55. The second-order valence-corrected chi connectivity index (χ2v) is 7.38. The predicted molar refractivity (Wildman–Crippen MR) is 102 cm³/mol. The minimum atomic E-state index is -1.77. The molecule has 0 saturated carbocycles. The van der Waals surface area contributed by atoms with Crippen molar-refractivity contribution in [2.45, 2.75) is 24.5 Å². The van der Waals surface area contributed by atoms with E-state index in [9.17, 15) is 19.5 Å². The molecule has 1 saturated heterocycles. The zero-order valence-electron chi connectivity index (χ0n) is 15.2. The summed E-state index contributed by atoms with van der Waals surface area (Å²) in [5, 5.41) is 9.86. The Bertz CT molecular complexity index is 889. The summed E-state index contributed by atoms with van der Waals surface area (Å²) < 4.78 is 10.4. The van der Waals surface area contributed by atoms with Gasteiger partial charge in [0, 0.05) is 24.3 Å². The highest BCUT2D eigenvalue weighted by molar-refractivity contribution is 8.00. The molecule has 1 aromatic carbocycles. The van der Waals surface area contributed by atoms with Crippen molar-refractivity contribution >= 4 is 29.6 Å². The Hall–Kier alpha value is -2.80. The van der Waals surface area contributed by atoms with Crippen LogP contribution in [0.25, 0.3) is 0 Å². The van der Waals surface area contributed by atoms with Gasteiger partial charge in [0.05, 0.1) is 0 Å². The van der Waals surface area contributed by atoms with Gasteiger partial charge in [-0.2, -0.15) is 0 Å².